The molecule has 0 spiro atoms. The lowest BCUT2D eigenvalue weighted by atomic mass is 10.2. The molecule has 4 N–H and O–H groups in total. The summed E-state index contributed by atoms with van der Waals surface area (Å²) >= 11 is 0. The maximum Gasteiger partial charge on any atom is 0.123 e. The molecular formula is C13H12FN3. The molecule has 0 heterocycles. The van der Waals surface area contributed by atoms with Gasteiger partial charge < -0.3 is 11.1 Å². The van der Waals surface area contributed by atoms with Crippen molar-refractivity contribution in [1.29, 1.82) is 5.41 Å². The largest absolute Gasteiger partial charge is 0.384 e. The second-order valence-corrected chi connectivity index (χ2v) is 3.63. The van der Waals surface area contributed by atoms with E-state index in [9.17, 15) is 4.39 Å². The smallest absolute Gasteiger partial charge is 0.123 e. The summed E-state index contributed by atoms with van der Waals surface area (Å²) in [6.07, 6.45) is 0. The number of nitrogens with one attached hydrogen (secondary N) is 2. The predicted octanol–water partition coefficient (Wildman–Crippen LogP) is 2.85. The first-order chi connectivity index (χ1) is 8.15. The quantitative estimate of drug-likeness (QED) is 0.559. The molecule has 0 aliphatic heterocycles. The SMILES string of the molecule is N=C(N)c1cccc(Nc2ccc(F)cc2)c1. The van der Waals surface area contributed by atoms with Crippen LogP contribution in [0.1, 0.15) is 5.56 Å². The second kappa shape index (κ2) is 4.65. The third-order valence-electron chi connectivity index (χ3n) is 2.31. The summed E-state index contributed by atoms with van der Waals surface area (Å²) in [7, 11) is 0. The Bertz CT molecular complexity index is 535. The van der Waals surface area contributed by atoms with E-state index in [0.29, 0.717) is 5.56 Å². The van der Waals surface area contributed by atoms with E-state index in [0.717, 1.165) is 11.4 Å². The molecule has 0 amide bonds. The summed E-state index contributed by atoms with van der Waals surface area (Å²) in [6.45, 7) is 0. The number of anilines is 2. The topological polar surface area (TPSA) is 61.9 Å². The molecule has 17 heavy (non-hydrogen) atoms. The lowest BCUT2D eigenvalue weighted by Crippen LogP contribution is -2.10. The van der Waals surface area contributed by atoms with Crippen LogP contribution in [0.5, 0.6) is 0 Å². The Hall–Kier alpha value is -2.36. The van der Waals surface area contributed by atoms with Crippen molar-refractivity contribution in [2.45, 2.75) is 0 Å². The van der Waals surface area contributed by atoms with Crippen LogP contribution in [-0.2, 0) is 0 Å². The summed E-state index contributed by atoms with van der Waals surface area (Å²) in [6, 6.07) is 13.3. The molecule has 0 aromatic heterocycles. The van der Waals surface area contributed by atoms with Crippen LogP contribution in [0.25, 0.3) is 0 Å². The van der Waals surface area contributed by atoms with E-state index in [1.54, 1.807) is 24.3 Å². The van der Waals surface area contributed by atoms with Crippen LogP contribution in [0.4, 0.5) is 15.8 Å². The summed E-state index contributed by atoms with van der Waals surface area (Å²) < 4.78 is 12.7. The molecule has 0 radical (unpaired) electrons. The first-order valence-corrected chi connectivity index (χ1v) is 5.12. The third-order valence-corrected chi connectivity index (χ3v) is 2.31. The molecule has 4 heteroatoms. The van der Waals surface area contributed by atoms with Crippen molar-refractivity contribution in [2.75, 3.05) is 5.32 Å². The van der Waals surface area contributed by atoms with E-state index in [1.165, 1.54) is 12.1 Å². The van der Waals surface area contributed by atoms with Gasteiger partial charge in [-0.05, 0) is 36.4 Å². The zero-order valence-electron chi connectivity index (χ0n) is 9.07. The minimum Gasteiger partial charge on any atom is -0.384 e. The molecular weight excluding hydrogens is 217 g/mol. The van der Waals surface area contributed by atoms with Gasteiger partial charge >= 0.3 is 0 Å². The Morgan fingerprint density at radius 1 is 1.06 bits per heavy atom. The fourth-order valence-electron chi connectivity index (χ4n) is 1.46. The first-order valence-electron chi connectivity index (χ1n) is 5.12. The van der Waals surface area contributed by atoms with Crippen molar-refractivity contribution < 1.29 is 4.39 Å². The monoisotopic (exact) mass is 229 g/mol. The average molecular weight is 229 g/mol. The molecule has 2 rings (SSSR count). The van der Waals surface area contributed by atoms with E-state index in [-0.39, 0.29) is 11.7 Å². The van der Waals surface area contributed by atoms with Crippen molar-refractivity contribution in [3.05, 3.63) is 59.9 Å². The average Bonchev–Trinajstić information content (AvgIpc) is 2.32. The molecule has 0 fully saturated rings. The van der Waals surface area contributed by atoms with E-state index >= 15 is 0 Å². The number of halogens is 1. The maximum atomic E-state index is 12.7. The van der Waals surface area contributed by atoms with Gasteiger partial charge in [0.05, 0.1) is 0 Å². The summed E-state index contributed by atoms with van der Waals surface area (Å²) in [5, 5.41) is 10.4. The standard InChI is InChI=1S/C13H12FN3/c14-10-4-6-11(7-5-10)17-12-3-1-2-9(8-12)13(15)16/h1-8,17H,(H3,15,16). The summed E-state index contributed by atoms with van der Waals surface area (Å²) in [5.74, 6) is -0.249. The van der Waals surface area contributed by atoms with Gasteiger partial charge in [0, 0.05) is 16.9 Å². The van der Waals surface area contributed by atoms with Gasteiger partial charge in [0.25, 0.3) is 0 Å². The fraction of sp³-hybridized carbons (Fsp3) is 0. The van der Waals surface area contributed by atoms with Gasteiger partial charge in [0.15, 0.2) is 0 Å². The minimum atomic E-state index is -0.270. The van der Waals surface area contributed by atoms with E-state index in [1.807, 2.05) is 12.1 Å². The third kappa shape index (κ3) is 2.81. The van der Waals surface area contributed by atoms with Crippen LogP contribution in [-0.4, -0.2) is 5.84 Å². The van der Waals surface area contributed by atoms with Gasteiger partial charge in [0.2, 0.25) is 0 Å². The van der Waals surface area contributed by atoms with Gasteiger partial charge in [-0.3, -0.25) is 5.41 Å². The van der Waals surface area contributed by atoms with Gasteiger partial charge in [-0.25, -0.2) is 4.39 Å². The Morgan fingerprint density at radius 3 is 2.41 bits per heavy atom. The molecule has 0 aliphatic carbocycles. The highest BCUT2D eigenvalue weighted by Gasteiger charge is 1.99. The van der Waals surface area contributed by atoms with Gasteiger partial charge in [0.1, 0.15) is 11.7 Å². The van der Waals surface area contributed by atoms with E-state index in [2.05, 4.69) is 5.32 Å². The summed E-state index contributed by atoms with van der Waals surface area (Å²) in [4.78, 5) is 0. The molecule has 0 aliphatic rings. The Labute approximate surface area is 98.6 Å². The first kappa shape index (κ1) is 11.1. The molecule has 0 unspecified atom stereocenters. The van der Waals surface area contributed by atoms with Gasteiger partial charge in [-0.1, -0.05) is 12.1 Å². The highest BCUT2D eigenvalue weighted by Crippen LogP contribution is 2.17. The van der Waals surface area contributed by atoms with Crippen LogP contribution in [0, 0.1) is 11.2 Å². The van der Waals surface area contributed by atoms with E-state index < -0.39 is 0 Å². The predicted molar refractivity (Wildman–Crippen MR) is 67.1 cm³/mol. The Kier molecular flexibility index (Phi) is 3.05. The fourth-order valence-corrected chi connectivity index (χ4v) is 1.46. The molecule has 0 bridgehead atoms. The molecule has 0 saturated heterocycles. The second-order valence-electron chi connectivity index (χ2n) is 3.63. The van der Waals surface area contributed by atoms with Crippen LogP contribution in [0.2, 0.25) is 0 Å². The highest BCUT2D eigenvalue weighted by atomic mass is 19.1. The van der Waals surface area contributed by atoms with Crippen LogP contribution >= 0.6 is 0 Å². The van der Waals surface area contributed by atoms with E-state index in [4.69, 9.17) is 11.1 Å². The normalized spacial score (nSPS) is 9.94. The molecule has 3 nitrogen and oxygen atoms in total. The number of amidine groups is 1. The van der Waals surface area contributed by atoms with Crippen molar-refractivity contribution in [3.63, 3.8) is 0 Å². The number of hydrogen-bond acceptors (Lipinski definition) is 2. The number of hydrogen-bond donors (Lipinski definition) is 3. The lowest BCUT2D eigenvalue weighted by molar-refractivity contribution is 0.628. The van der Waals surface area contributed by atoms with Crippen molar-refractivity contribution in [3.8, 4) is 0 Å². The van der Waals surface area contributed by atoms with Crippen LogP contribution < -0.4 is 11.1 Å². The van der Waals surface area contributed by atoms with Crippen molar-refractivity contribution in [1.82, 2.24) is 0 Å². The van der Waals surface area contributed by atoms with Crippen LogP contribution in [0.15, 0.2) is 48.5 Å². The summed E-state index contributed by atoms with van der Waals surface area (Å²) in [5.41, 5.74) is 7.65. The lowest BCUT2D eigenvalue weighted by Gasteiger charge is -2.07. The zero-order chi connectivity index (χ0) is 12.3. The van der Waals surface area contributed by atoms with Crippen molar-refractivity contribution >= 4 is 17.2 Å². The highest BCUT2D eigenvalue weighted by molar-refractivity contribution is 5.95. The number of nitrogen functional groups attached to an aromatic ring is 1. The molecule has 2 aromatic rings. The minimum absolute atomic E-state index is 0.0211. The van der Waals surface area contributed by atoms with Crippen LogP contribution in [0.3, 0.4) is 0 Å². The maximum absolute atomic E-state index is 12.7. The Morgan fingerprint density at radius 2 is 1.76 bits per heavy atom. The van der Waals surface area contributed by atoms with Gasteiger partial charge in [-0.2, -0.15) is 0 Å². The molecule has 2 aromatic carbocycles. The number of benzene rings is 2. The zero-order valence-corrected chi connectivity index (χ0v) is 9.07. The Balaban J connectivity index is 2.21. The van der Waals surface area contributed by atoms with Crippen molar-refractivity contribution in [2.24, 2.45) is 5.73 Å². The number of rotatable bonds is 3. The molecule has 86 valence electrons. The number of nitrogens with two attached hydrogens (primary N) is 1. The molecule has 0 saturated carbocycles. The molecule has 0 atom stereocenters. The van der Waals surface area contributed by atoms with Gasteiger partial charge in [-0.15, -0.1) is 0 Å².